The molecule has 0 aliphatic carbocycles. The first kappa shape index (κ1) is 99.9. The Hall–Kier alpha value is -10.5. The monoisotopic (exact) mass is 2190 g/mol. The number of nitrogens with zero attached hydrogens (tertiary/aromatic N) is 18. The predicted octanol–water partition coefficient (Wildman–Crippen LogP) is 19.2. The van der Waals surface area contributed by atoms with Gasteiger partial charge in [-0.15, -0.1) is 96.1 Å². The van der Waals surface area contributed by atoms with Crippen LogP contribution in [0.4, 0.5) is 30.7 Å². The van der Waals surface area contributed by atoms with E-state index in [1.165, 1.54) is 31.0 Å². The quantitative estimate of drug-likeness (QED) is 0.0626. The fourth-order valence-electron chi connectivity index (χ4n) is 12.7. The topological polar surface area (TPSA) is 246 Å². The Kier molecular flexibility index (Phi) is 40.0. The van der Waals surface area contributed by atoms with Gasteiger partial charge in [-0.05, 0) is 124 Å². The first-order valence-electron chi connectivity index (χ1n) is 40.0. The Balaban J connectivity index is 0.000000234. The standard InChI is InChI=1S/C49H50N3O4.C22H25N9.C11H9F3N3.C10H6F4N3.Co.2Ir.Rh/c1-3-7-11-35-55-46-21-15-31-50-48(46)40-17-13-18-41(37-40)49-47(22-16-32-51-49)56-36-12-8-4-2-6-10-34-54-43-29-25-39(26-30-43)45-20-14-19-44(52-45)38-23-27-42(28-24-38)53-33-9-5-1;1-15-24-20(29-27-15)14-31(12-17-8-5-6-11-23-17)13-18-9-7-10-19(26-18)22(3,4)21-25-16(2)28-30-21;1-2-8-4-3-5-10(15-8)17-7-6-9(16-17)11(12,13)14;11-6-7-2-1-3-9(15-7)17-5-4-8(16-17)10(12,13)14;;;;/h13-23,25,27-32H,1-12,33-36H2;5-11H,12-14H2,1-4H3;3-6H,2H2,1H3;1-4H,6H2;;;;/q-3;-2;2*-1;+3;;;+3. The van der Waals surface area contributed by atoms with Gasteiger partial charge < -0.3 is 53.5 Å². The van der Waals surface area contributed by atoms with Crippen LogP contribution in [0.15, 0.2) is 201 Å². The zero-order valence-electron chi connectivity index (χ0n) is 69.1. The van der Waals surface area contributed by atoms with Gasteiger partial charge in [0.1, 0.15) is 18.2 Å². The van der Waals surface area contributed by atoms with Crippen molar-refractivity contribution in [3.8, 4) is 79.7 Å². The average Bonchev–Trinajstić information content (AvgIpc) is 1.67. The van der Waals surface area contributed by atoms with E-state index in [-0.39, 0.29) is 88.0 Å². The summed E-state index contributed by atoms with van der Waals surface area (Å²) in [5, 5.41) is 23.2. The van der Waals surface area contributed by atoms with E-state index in [0.29, 0.717) is 87.7 Å². The molecular weight excluding hydrogens is 2100 g/mol. The SMILES string of the molecule is CCc1cccc(-n2[c-]cc(C(F)(F)F)n2)n1.Cc1n[n-]c(CN(Cc2ccccn2)Cc2cccc(C(C)(C)c3nc(C)n[n-]3)n2)n1.FCc1cccc(-n2[c-]cc(C(F)(F)F)n2)n1.[Co+3].[Ir].[Ir].[Rh+3].[c-]1cc2ccc1-c1cccc(n1)-c1[c-]cc(cc1)OCCCCCCCCOc1cccnc1-c1[c-]c(ccc1)-c1ncccc1OCCCCCCCCO2. The van der Waals surface area contributed by atoms with Crippen LogP contribution in [0.2, 0.25) is 0 Å². The molecule has 0 saturated carbocycles. The number of aromatic nitrogens is 17. The summed E-state index contributed by atoms with van der Waals surface area (Å²) in [6.07, 6.45) is 15.0. The largest absolute Gasteiger partial charge is 3.00 e. The molecular formula is C92H90CoF7Ir2N18O4Rh-. The van der Waals surface area contributed by atoms with E-state index in [2.05, 4.69) is 115 Å². The van der Waals surface area contributed by atoms with Crippen molar-refractivity contribution in [3.63, 3.8) is 0 Å². The van der Waals surface area contributed by atoms with Gasteiger partial charge in [0, 0.05) is 124 Å². The van der Waals surface area contributed by atoms with E-state index >= 15 is 0 Å². The molecule has 0 amide bonds. The van der Waals surface area contributed by atoms with Gasteiger partial charge in [0.05, 0.1) is 72.2 Å². The Bertz CT molecular complexity index is 5300. The van der Waals surface area contributed by atoms with Crippen LogP contribution >= 0.6 is 0 Å². The first-order chi connectivity index (χ1) is 58.7. The molecule has 0 N–H and O–H groups in total. The van der Waals surface area contributed by atoms with Crippen LogP contribution in [-0.4, -0.2) is 106 Å². The molecule has 33 heteroatoms. The number of benzene rings is 3. The Labute approximate surface area is 772 Å². The van der Waals surface area contributed by atoms with E-state index in [4.69, 9.17) is 28.9 Å². The zero-order valence-corrected chi connectivity index (χ0v) is 76.5. The van der Waals surface area contributed by atoms with Crippen molar-refractivity contribution in [2.75, 3.05) is 26.4 Å². The number of halogens is 7. The van der Waals surface area contributed by atoms with Crippen molar-refractivity contribution in [1.82, 2.24) is 89.7 Å². The molecule has 14 aromatic rings. The van der Waals surface area contributed by atoms with Gasteiger partial charge in [-0.3, -0.25) is 55.2 Å². The molecule has 0 fully saturated rings. The molecule has 658 valence electrons. The second kappa shape index (κ2) is 50.0. The fraction of sp³-hybridized carbons (Fsp3) is 0.315. The van der Waals surface area contributed by atoms with Crippen LogP contribution in [0.1, 0.15) is 161 Å². The van der Waals surface area contributed by atoms with Crippen LogP contribution in [0, 0.1) is 44.4 Å². The summed E-state index contributed by atoms with van der Waals surface area (Å²) in [5.74, 6) is 6.33. The van der Waals surface area contributed by atoms with Crippen LogP contribution < -0.4 is 29.1 Å². The molecule has 0 spiro atoms. The summed E-state index contributed by atoms with van der Waals surface area (Å²) >= 11 is 0. The molecule has 0 unspecified atom stereocenters. The van der Waals surface area contributed by atoms with Gasteiger partial charge in [-0.25, -0.2) is 4.39 Å². The molecule has 8 bridgehead atoms. The number of rotatable bonds is 12. The summed E-state index contributed by atoms with van der Waals surface area (Å²) in [7, 11) is 0. The third-order valence-electron chi connectivity index (χ3n) is 19.0. The minimum Gasteiger partial charge on any atom is -0.537 e. The van der Waals surface area contributed by atoms with Gasteiger partial charge >= 0.3 is 48.6 Å². The molecule has 0 saturated heterocycles. The molecule has 2 radical (unpaired) electrons. The third-order valence-corrected chi connectivity index (χ3v) is 19.0. The van der Waals surface area contributed by atoms with E-state index < -0.39 is 35.8 Å². The molecule has 3 aromatic carbocycles. The molecule has 4 aliphatic rings. The van der Waals surface area contributed by atoms with Gasteiger partial charge in [0.25, 0.3) is 0 Å². The van der Waals surface area contributed by atoms with Crippen LogP contribution in [0.25, 0.3) is 56.7 Å². The van der Waals surface area contributed by atoms with E-state index in [1.54, 1.807) is 36.8 Å². The van der Waals surface area contributed by atoms with E-state index in [0.717, 1.165) is 170 Å². The number of hydrogen-bond donors (Lipinski definition) is 0. The molecule has 4 aliphatic heterocycles. The predicted molar refractivity (Wildman–Crippen MR) is 440 cm³/mol. The van der Waals surface area contributed by atoms with Gasteiger partial charge in [0.15, 0.2) is 0 Å². The van der Waals surface area contributed by atoms with Crippen molar-refractivity contribution in [2.45, 2.75) is 162 Å². The summed E-state index contributed by atoms with van der Waals surface area (Å²) in [4.78, 5) is 42.7. The molecule has 0 atom stereocenters. The van der Waals surface area contributed by atoms with Crippen molar-refractivity contribution < 1.29 is 126 Å². The van der Waals surface area contributed by atoms with Crippen LogP contribution in [0.3, 0.4) is 0 Å². The summed E-state index contributed by atoms with van der Waals surface area (Å²) < 4.78 is 113. The van der Waals surface area contributed by atoms with Gasteiger partial charge in [-0.1, -0.05) is 156 Å². The normalized spacial score (nSPS) is 13.0. The second-order valence-electron chi connectivity index (χ2n) is 28.8. The maximum atomic E-state index is 12.3. The van der Waals surface area contributed by atoms with Crippen LogP contribution in [-0.2, 0) is 127 Å². The van der Waals surface area contributed by atoms with E-state index in [1.807, 2.05) is 154 Å². The van der Waals surface area contributed by atoms with Crippen molar-refractivity contribution in [2.24, 2.45) is 0 Å². The average molecular weight is 2190 g/mol. The number of alkyl halides is 7. The number of pyridine rings is 7. The number of ether oxygens (including phenoxy) is 4. The molecule has 125 heavy (non-hydrogen) atoms. The third kappa shape index (κ3) is 30.4. The van der Waals surface area contributed by atoms with E-state index in [9.17, 15) is 30.7 Å². The summed E-state index contributed by atoms with van der Waals surface area (Å²) in [5.41, 5.74) is 8.15. The first-order valence-corrected chi connectivity index (χ1v) is 40.0. The molecule has 11 aromatic heterocycles. The summed E-state index contributed by atoms with van der Waals surface area (Å²) in [6, 6.07) is 65.0. The fourth-order valence-corrected chi connectivity index (χ4v) is 12.7. The number of aryl methyl sites for hydroxylation is 3. The Morgan fingerprint density at radius 3 is 1.37 bits per heavy atom. The molecule has 18 rings (SSSR count). The van der Waals surface area contributed by atoms with Crippen molar-refractivity contribution in [3.05, 3.63) is 294 Å². The maximum absolute atomic E-state index is 12.3. The molecule has 15 heterocycles. The number of hydrogen-bond acceptors (Lipinski definition) is 18. The van der Waals surface area contributed by atoms with Crippen molar-refractivity contribution in [1.29, 1.82) is 0 Å². The Morgan fingerprint density at radius 1 is 0.432 bits per heavy atom. The van der Waals surface area contributed by atoms with Crippen LogP contribution in [0.5, 0.6) is 23.0 Å². The van der Waals surface area contributed by atoms with Gasteiger partial charge in [-0.2, -0.15) is 26.3 Å². The van der Waals surface area contributed by atoms with Gasteiger partial charge in [0.2, 0.25) is 0 Å². The van der Waals surface area contributed by atoms with Crippen molar-refractivity contribution >= 4 is 0 Å². The molecule has 22 nitrogen and oxygen atoms in total. The minimum atomic E-state index is -4.53. The second-order valence-corrected chi connectivity index (χ2v) is 28.8. The zero-order chi connectivity index (χ0) is 84.8. The summed E-state index contributed by atoms with van der Waals surface area (Å²) in [6.45, 7) is 13.4. The smallest absolute Gasteiger partial charge is 0.537 e. The maximum Gasteiger partial charge on any atom is 3.00 e. The Morgan fingerprint density at radius 2 is 0.896 bits per heavy atom. The minimum absolute atomic E-state index is 0.